The van der Waals surface area contributed by atoms with Gasteiger partial charge in [0.1, 0.15) is 14.2 Å². The zero-order valence-electron chi connectivity index (χ0n) is 15.1. The minimum atomic E-state index is -1.50. The molecule has 22 heavy (non-hydrogen) atoms. The monoisotopic (exact) mass is 326 g/mol. The molecule has 0 aromatic rings. The molecule has 3 nitrogen and oxygen atoms in total. The van der Waals surface area contributed by atoms with Crippen molar-refractivity contribution in [1.82, 2.24) is 0 Å². The average molecular weight is 327 g/mol. The van der Waals surface area contributed by atoms with Crippen molar-refractivity contribution in [3.8, 4) is 11.5 Å². The Hall–Kier alpha value is -0.343. The minimum absolute atomic E-state index is 0.215. The highest BCUT2D eigenvalue weighted by molar-refractivity contribution is 6.83. The van der Waals surface area contributed by atoms with Gasteiger partial charge in [-0.05, 0) is 32.6 Å². The number of hydrogen-bond donors (Lipinski definition) is 1. The highest BCUT2D eigenvalue weighted by atomic mass is 28.3. The Labute approximate surface area is 137 Å². The van der Waals surface area contributed by atoms with Gasteiger partial charge < -0.3 is 14.6 Å². The maximum Gasteiger partial charge on any atom is 0.159 e. The molecule has 3 unspecified atom stereocenters. The molecule has 0 bridgehead atoms. The summed E-state index contributed by atoms with van der Waals surface area (Å²) in [7, 11) is -1.50. The van der Waals surface area contributed by atoms with Crippen molar-refractivity contribution in [2.75, 3.05) is 6.61 Å². The smallest absolute Gasteiger partial charge is 0.159 e. The number of ether oxygens (including phenoxy) is 2. The highest BCUT2D eigenvalue weighted by Gasteiger charge is 2.34. The van der Waals surface area contributed by atoms with Crippen molar-refractivity contribution < 1.29 is 14.6 Å². The third-order valence-electron chi connectivity index (χ3n) is 3.86. The first-order chi connectivity index (χ1) is 10.2. The second-order valence-corrected chi connectivity index (χ2v) is 12.4. The van der Waals surface area contributed by atoms with Crippen LogP contribution in [0.4, 0.5) is 0 Å². The van der Waals surface area contributed by atoms with Gasteiger partial charge in [0.05, 0.1) is 5.60 Å². The minimum Gasteiger partial charge on any atom is -0.386 e. The first-order valence-corrected chi connectivity index (χ1v) is 12.3. The Kier molecular flexibility index (Phi) is 8.13. The summed E-state index contributed by atoms with van der Waals surface area (Å²) >= 11 is 0. The number of rotatable bonds is 7. The molecule has 1 saturated heterocycles. The lowest BCUT2D eigenvalue weighted by Gasteiger charge is -2.34. The largest absolute Gasteiger partial charge is 0.386 e. The van der Waals surface area contributed by atoms with Gasteiger partial charge in [0, 0.05) is 6.61 Å². The summed E-state index contributed by atoms with van der Waals surface area (Å²) in [4.78, 5) is 0. The molecule has 1 fully saturated rings. The lowest BCUT2D eigenvalue weighted by Crippen LogP contribution is -2.44. The van der Waals surface area contributed by atoms with E-state index in [4.69, 9.17) is 9.47 Å². The van der Waals surface area contributed by atoms with Gasteiger partial charge in [-0.15, -0.1) is 5.54 Å². The van der Waals surface area contributed by atoms with Crippen LogP contribution in [0.5, 0.6) is 0 Å². The normalized spacial score (nSPS) is 23.3. The second kappa shape index (κ2) is 9.07. The van der Waals surface area contributed by atoms with Crippen molar-refractivity contribution in [1.29, 1.82) is 0 Å². The lowest BCUT2D eigenvalue weighted by molar-refractivity contribution is -0.210. The van der Waals surface area contributed by atoms with E-state index in [0.29, 0.717) is 0 Å². The fourth-order valence-electron chi connectivity index (χ4n) is 2.45. The predicted molar refractivity (Wildman–Crippen MR) is 94.4 cm³/mol. The molecule has 0 aromatic heterocycles. The molecule has 0 spiro atoms. The molecule has 1 heterocycles. The van der Waals surface area contributed by atoms with Gasteiger partial charge in [0.25, 0.3) is 0 Å². The van der Waals surface area contributed by atoms with Crippen LogP contribution < -0.4 is 0 Å². The van der Waals surface area contributed by atoms with E-state index < -0.39 is 19.8 Å². The van der Waals surface area contributed by atoms with E-state index in [2.05, 4.69) is 38.0 Å². The molecule has 1 aliphatic rings. The molecule has 0 aliphatic carbocycles. The molecule has 1 aliphatic heterocycles. The van der Waals surface area contributed by atoms with Crippen LogP contribution in [0.15, 0.2) is 0 Å². The Morgan fingerprint density at radius 3 is 2.59 bits per heavy atom. The van der Waals surface area contributed by atoms with Gasteiger partial charge >= 0.3 is 0 Å². The summed E-state index contributed by atoms with van der Waals surface area (Å²) in [6, 6.07) is 0. The molecule has 0 radical (unpaired) electrons. The summed E-state index contributed by atoms with van der Waals surface area (Å²) in [6.07, 6.45) is 6.44. The van der Waals surface area contributed by atoms with E-state index in [0.717, 1.165) is 51.6 Å². The summed E-state index contributed by atoms with van der Waals surface area (Å²) in [5.41, 5.74) is 2.44. The Bertz CT molecular complexity index is 370. The quantitative estimate of drug-likeness (QED) is 0.435. The molecule has 3 atom stereocenters. The van der Waals surface area contributed by atoms with Crippen LogP contribution in [-0.2, 0) is 9.47 Å². The first-order valence-electron chi connectivity index (χ1n) is 8.77. The van der Waals surface area contributed by atoms with Gasteiger partial charge in [-0.1, -0.05) is 51.7 Å². The summed E-state index contributed by atoms with van der Waals surface area (Å²) in [6.45, 7) is 11.4. The van der Waals surface area contributed by atoms with Crippen molar-refractivity contribution in [3.05, 3.63) is 0 Å². The summed E-state index contributed by atoms with van der Waals surface area (Å²) in [5, 5.41) is 10.9. The Morgan fingerprint density at radius 2 is 2.05 bits per heavy atom. The predicted octanol–water partition coefficient (Wildman–Crippen LogP) is 4.11. The van der Waals surface area contributed by atoms with E-state index in [9.17, 15) is 5.11 Å². The highest BCUT2D eigenvalue weighted by Crippen LogP contribution is 2.25. The van der Waals surface area contributed by atoms with Crippen LogP contribution in [-0.4, -0.2) is 37.8 Å². The topological polar surface area (TPSA) is 38.7 Å². The molecule has 4 heteroatoms. The molecule has 0 saturated carbocycles. The van der Waals surface area contributed by atoms with Crippen LogP contribution in [0.1, 0.15) is 58.8 Å². The Balaban J connectivity index is 2.76. The summed E-state index contributed by atoms with van der Waals surface area (Å²) in [5.74, 6) is 3.23. The number of unbranched alkanes of at least 4 members (excludes halogenated alkanes) is 2. The molecular weight excluding hydrogens is 292 g/mol. The molecular formula is C18H34O3Si. The van der Waals surface area contributed by atoms with Crippen LogP contribution in [0.3, 0.4) is 0 Å². The number of hydrogen-bond acceptors (Lipinski definition) is 3. The maximum absolute atomic E-state index is 10.9. The van der Waals surface area contributed by atoms with Crippen LogP contribution in [0.2, 0.25) is 19.6 Å². The van der Waals surface area contributed by atoms with Gasteiger partial charge in [0.2, 0.25) is 0 Å². The van der Waals surface area contributed by atoms with Crippen molar-refractivity contribution in [2.24, 2.45) is 0 Å². The fourth-order valence-corrected chi connectivity index (χ4v) is 3.02. The zero-order valence-corrected chi connectivity index (χ0v) is 16.1. The second-order valence-electron chi connectivity index (χ2n) is 7.65. The summed E-state index contributed by atoms with van der Waals surface area (Å²) < 4.78 is 11.7. The third-order valence-corrected chi connectivity index (χ3v) is 4.75. The van der Waals surface area contributed by atoms with Gasteiger partial charge in [-0.2, -0.15) is 0 Å². The number of aliphatic hydroxyl groups is 1. The van der Waals surface area contributed by atoms with Crippen molar-refractivity contribution in [2.45, 2.75) is 96.4 Å². The van der Waals surface area contributed by atoms with Crippen LogP contribution >= 0.6 is 0 Å². The van der Waals surface area contributed by atoms with E-state index in [1.165, 1.54) is 0 Å². The standard InChI is InChI=1S/C18H34O3Si/c1-6-7-9-13-18(2,19)16(12-15-22(3,4)5)21-17-11-8-10-14-20-17/h16-17,19H,6-11,13-14H2,1-5H3. The van der Waals surface area contributed by atoms with Crippen LogP contribution in [0, 0.1) is 11.5 Å². The first kappa shape index (κ1) is 19.7. The van der Waals surface area contributed by atoms with E-state index >= 15 is 0 Å². The van der Waals surface area contributed by atoms with Gasteiger partial charge in [-0.25, -0.2) is 0 Å². The van der Waals surface area contributed by atoms with E-state index in [1.54, 1.807) is 0 Å². The molecule has 0 aromatic carbocycles. The third kappa shape index (κ3) is 7.78. The molecule has 1 rings (SSSR count). The van der Waals surface area contributed by atoms with Gasteiger partial charge in [0.15, 0.2) is 6.29 Å². The SMILES string of the molecule is CCCCCC(C)(O)C(C#C[Si](C)(C)C)OC1CCCCO1. The fraction of sp³-hybridized carbons (Fsp3) is 0.889. The van der Waals surface area contributed by atoms with Crippen molar-refractivity contribution >= 4 is 8.07 Å². The maximum atomic E-state index is 10.9. The van der Waals surface area contributed by atoms with E-state index in [1.807, 2.05) is 6.92 Å². The van der Waals surface area contributed by atoms with Gasteiger partial charge in [-0.3, -0.25) is 0 Å². The van der Waals surface area contributed by atoms with E-state index in [-0.39, 0.29) is 6.29 Å². The average Bonchev–Trinajstić information content (AvgIpc) is 2.43. The van der Waals surface area contributed by atoms with Crippen molar-refractivity contribution in [3.63, 3.8) is 0 Å². The molecule has 0 amide bonds. The van der Waals surface area contributed by atoms with Crippen LogP contribution in [0.25, 0.3) is 0 Å². The lowest BCUT2D eigenvalue weighted by atomic mass is 9.92. The Morgan fingerprint density at radius 1 is 1.32 bits per heavy atom. The molecule has 1 N–H and O–H groups in total. The molecule has 128 valence electrons. The zero-order chi connectivity index (χ0) is 16.6.